The van der Waals surface area contributed by atoms with E-state index >= 15 is 0 Å². The number of nitrogens with one attached hydrogen (secondary N) is 1. The van der Waals surface area contributed by atoms with Gasteiger partial charge in [-0.15, -0.1) is 0 Å². The molecule has 0 bridgehead atoms. The molecule has 1 aromatic rings. The van der Waals surface area contributed by atoms with Crippen molar-refractivity contribution in [3.8, 4) is 5.75 Å². The van der Waals surface area contributed by atoms with Gasteiger partial charge in [-0.3, -0.25) is 4.79 Å². The second kappa shape index (κ2) is 7.45. The van der Waals surface area contributed by atoms with Gasteiger partial charge in [0.25, 0.3) is 0 Å². The Labute approximate surface area is 111 Å². The smallest absolute Gasteiger partial charge is 0.137 e. The van der Waals surface area contributed by atoms with Crippen molar-refractivity contribution in [3.05, 3.63) is 28.2 Å². The van der Waals surface area contributed by atoms with Gasteiger partial charge in [-0.05, 0) is 38.2 Å². The van der Waals surface area contributed by atoms with Crippen LogP contribution in [-0.2, 0) is 11.2 Å². The molecule has 0 unspecified atom stereocenters. The fourth-order valence-electron chi connectivity index (χ4n) is 1.65. The van der Waals surface area contributed by atoms with Gasteiger partial charge < -0.3 is 10.1 Å². The van der Waals surface area contributed by atoms with Gasteiger partial charge in [0.1, 0.15) is 11.5 Å². The number of Topliss-reactive ketones (excluding diaryl/α,β-unsaturated/α-hetero) is 1. The van der Waals surface area contributed by atoms with Gasteiger partial charge in [-0.25, -0.2) is 0 Å². The van der Waals surface area contributed by atoms with Crippen LogP contribution in [0.5, 0.6) is 5.75 Å². The first-order valence-corrected chi connectivity index (χ1v) is 6.45. The second-order valence-electron chi connectivity index (χ2n) is 3.88. The number of methoxy groups -OCH3 is 1. The highest BCUT2D eigenvalue weighted by Gasteiger charge is 2.09. The van der Waals surface area contributed by atoms with Crippen LogP contribution in [0.4, 0.5) is 0 Å². The summed E-state index contributed by atoms with van der Waals surface area (Å²) in [4.78, 5) is 11.8. The van der Waals surface area contributed by atoms with Crippen LogP contribution in [0, 0.1) is 0 Å². The van der Waals surface area contributed by atoms with Crippen LogP contribution in [0.3, 0.4) is 0 Å². The molecule has 0 heterocycles. The molecular weight excluding hydrogens is 282 g/mol. The fraction of sp³-hybridized carbons (Fsp3) is 0.462. The second-order valence-corrected chi connectivity index (χ2v) is 4.79. The third-order valence-corrected chi connectivity index (χ3v) is 3.01. The Balaban J connectivity index is 2.60. The summed E-state index contributed by atoms with van der Waals surface area (Å²) in [6.45, 7) is 0.876. The van der Waals surface area contributed by atoms with E-state index in [9.17, 15) is 4.79 Å². The number of hydrogen-bond donors (Lipinski definition) is 1. The van der Waals surface area contributed by atoms with Crippen molar-refractivity contribution in [2.45, 2.75) is 19.3 Å². The monoisotopic (exact) mass is 299 g/mol. The minimum Gasteiger partial charge on any atom is -0.496 e. The number of rotatable bonds is 7. The molecule has 0 atom stereocenters. The van der Waals surface area contributed by atoms with E-state index in [1.165, 1.54) is 0 Å². The lowest BCUT2D eigenvalue weighted by atomic mass is 10.0. The first-order valence-electron chi connectivity index (χ1n) is 5.66. The van der Waals surface area contributed by atoms with E-state index < -0.39 is 0 Å². The summed E-state index contributed by atoms with van der Waals surface area (Å²) in [6, 6.07) is 5.73. The molecule has 0 aliphatic carbocycles. The zero-order chi connectivity index (χ0) is 12.7. The molecule has 0 spiro atoms. The Morgan fingerprint density at radius 2 is 2.24 bits per heavy atom. The molecule has 17 heavy (non-hydrogen) atoms. The first-order chi connectivity index (χ1) is 8.17. The average Bonchev–Trinajstić information content (AvgIpc) is 2.29. The van der Waals surface area contributed by atoms with E-state index in [4.69, 9.17) is 4.74 Å². The van der Waals surface area contributed by atoms with Gasteiger partial charge in [0.2, 0.25) is 0 Å². The van der Waals surface area contributed by atoms with Crippen LogP contribution in [0.15, 0.2) is 22.7 Å². The molecule has 1 aromatic carbocycles. The molecule has 0 radical (unpaired) electrons. The van der Waals surface area contributed by atoms with Crippen molar-refractivity contribution in [2.75, 3.05) is 20.7 Å². The standard InChI is InChI=1S/C13H18BrNO2/c1-15-7-3-4-12(16)9-10-8-11(14)5-6-13(10)17-2/h5-6,8,15H,3-4,7,9H2,1-2H3. The topological polar surface area (TPSA) is 38.3 Å². The molecule has 0 fully saturated rings. The predicted octanol–water partition coefficient (Wildman–Crippen LogP) is 2.57. The zero-order valence-corrected chi connectivity index (χ0v) is 11.8. The SMILES string of the molecule is CNCCCC(=O)Cc1cc(Br)ccc1OC. The summed E-state index contributed by atoms with van der Waals surface area (Å²) in [5, 5.41) is 3.03. The van der Waals surface area contributed by atoms with Crippen LogP contribution in [0.1, 0.15) is 18.4 Å². The van der Waals surface area contributed by atoms with E-state index in [-0.39, 0.29) is 5.78 Å². The Bertz CT molecular complexity index is 380. The molecule has 3 nitrogen and oxygen atoms in total. The Kier molecular flexibility index (Phi) is 6.22. The van der Waals surface area contributed by atoms with Crippen molar-refractivity contribution in [1.29, 1.82) is 0 Å². The first kappa shape index (κ1) is 14.2. The van der Waals surface area contributed by atoms with Gasteiger partial charge in [0, 0.05) is 22.9 Å². The van der Waals surface area contributed by atoms with E-state index in [0.29, 0.717) is 12.8 Å². The third kappa shape index (κ3) is 4.88. The molecule has 0 saturated carbocycles. The molecule has 0 saturated heterocycles. The molecule has 94 valence electrons. The highest BCUT2D eigenvalue weighted by atomic mass is 79.9. The lowest BCUT2D eigenvalue weighted by molar-refractivity contribution is -0.118. The Morgan fingerprint density at radius 3 is 2.88 bits per heavy atom. The van der Waals surface area contributed by atoms with E-state index in [0.717, 1.165) is 28.8 Å². The summed E-state index contributed by atoms with van der Waals surface area (Å²) in [6.07, 6.45) is 1.93. The molecule has 1 rings (SSSR count). The summed E-state index contributed by atoms with van der Waals surface area (Å²) in [7, 11) is 3.51. The van der Waals surface area contributed by atoms with E-state index in [2.05, 4.69) is 21.2 Å². The minimum atomic E-state index is 0.247. The summed E-state index contributed by atoms with van der Waals surface area (Å²) < 4.78 is 6.21. The van der Waals surface area contributed by atoms with Crippen molar-refractivity contribution >= 4 is 21.7 Å². The fourth-order valence-corrected chi connectivity index (χ4v) is 2.06. The average molecular weight is 300 g/mol. The third-order valence-electron chi connectivity index (χ3n) is 2.51. The number of ether oxygens (including phenoxy) is 1. The summed E-state index contributed by atoms with van der Waals surface area (Å²) in [5.74, 6) is 1.02. The number of hydrogen-bond acceptors (Lipinski definition) is 3. The van der Waals surface area contributed by atoms with Crippen molar-refractivity contribution in [1.82, 2.24) is 5.32 Å². The molecule has 0 aromatic heterocycles. The summed E-state index contributed by atoms with van der Waals surface area (Å²) >= 11 is 3.40. The van der Waals surface area contributed by atoms with Gasteiger partial charge >= 0.3 is 0 Å². The lowest BCUT2D eigenvalue weighted by Gasteiger charge is -2.08. The number of benzene rings is 1. The summed E-state index contributed by atoms with van der Waals surface area (Å²) in [5.41, 5.74) is 0.941. The maximum atomic E-state index is 11.8. The van der Waals surface area contributed by atoms with Gasteiger partial charge in [-0.2, -0.15) is 0 Å². The van der Waals surface area contributed by atoms with Crippen molar-refractivity contribution in [2.24, 2.45) is 0 Å². The van der Waals surface area contributed by atoms with Crippen LogP contribution < -0.4 is 10.1 Å². The van der Waals surface area contributed by atoms with Crippen molar-refractivity contribution in [3.63, 3.8) is 0 Å². The highest BCUT2D eigenvalue weighted by Crippen LogP contribution is 2.23. The van der Waals surface area contributed by atoms with Crippen LogP contribution in [0.25, 0.3) is 0 Å². The van der Waals surface area contributed by atoms with E-state index in [1.54, 1.807) is 7.11 Å². The molecule has 0 aliphatic rings. The molecule has 0 amide bonds. The minimum absolute atomic E-state index is 0.247. The van der Waals surface area contributed by atoms with Crippen LogP contribution in [-0.4, -0.2) is 26.5 Å². The van der Waals surface area contributed by atoms with Crippen molar-refractivity contribution < 1.29 is 9.53 Å². The number of carbonyl (C=O) groups excluding carboxylic acids is 1. The van der Waals surface area contributed by atoms with Gasteiger partial charge in [0.15, 0.2) is 0 Å². The molecule has 1 N–H and O–H groups in total. The number of ketones is 1. The number of halogens is 1. The van der Waals surface area contributed by atoms with Gasteiger partial charge in [0.05, 0.1) is 7.11 Å². The largest absolute Gasteiger partial charge is 0.496 e. The normalized spacial score (nSPS) is 10.3. The quantitative estimate of drug-likeness (QED) is 0.787. The van der Waals surface area contributed by atoms with Gasteiger partial charge in [-0.1, -0.05) is 15.9 Å². The molecule has 4 heteroatoms. The molecule has 0 aliphatic heterocycles. The van der Waals surface area contributed by atoms with Crippen LogP contribution in [0.2, 0.25) is 0 Å². The Morgan fingerprint density at radius 1 is 1.47 bits per heavy atom. The highest BCUT2D eigenvalue weighted by molar-refractivity contribution is 9.10. The van der Waals surface area contributed by atoms with E-state index in [1.807, 2.05) is 25.2 Å². The lowest BCUT2D eigenvalue weighted by Crippen LogP contribution is -2.11. The molecular formula is C13H18BrNO2. The zero-order valence-electron chi connectivity index (χ0n) is 10.3. The maximum absolute atomic E-state index is 11.8. The predicted molar refractivity (Wildman–Crippen MR) is 72.6 cm³/mol. The Hall–Kier alpha value is -0.870. The van der Waals surface area contributed by atoms with Crippen LogP contribution >= 0.6 is 15.9 Å². The number of carbonyl (C=O) groups is 1. The maximum Gasteiger partial charge on any atom is 0.137 e.